The standard InChI is InChI=1S/C28H30F3N9O2/c29-17-5-7-19(8-6-17)33-28(41)34-20-11-9-18(10-12-20)32-25-36-26(39-13-15-42-16-14-39)38-27(37-25)40-22-4-2-1-3-21(22)35-24(40)23(30)31/h1-8,18,20,23H,9-16H2,(H2,33,34,41)(H,32,36,37,38). The van der Waals surface area contributed by atoms with Gasteiger partial charge in [0.1, 0.15) is 5.82 Å². The van der Waals surface area contributed by atoms with E-state index in [0.29, 0.717) is 61.8 Å². The predicted molar refractivity (Wildman–Crippen MR) is 151 cm³/mol. The Kier molecular flexibility index (Phi) is 8.04. The predicted octanol–water partition coefficient (Wildman–Crippen LogP) is 4.67. The fourth-order valence-corrected chi connectivity index (χ4v) is 5.27. The van der Waals surface area contributed by atoms with Gasteiger partial charge in [0.2, 0.25) is 17.8 Å². The maximum Gasteiger partial charge on any atom is 0.319 e. The highest BCUT2D eigenvalue weighted by molar-refractivity contribution is 5.89. The second kappa shape index (κ2) is 12.2. The van der Waals surface area contributed by atoms with Crippen LogP contribution in [0, 0.1) is 5.82 Å². The molecule has 2 aromatic heterocycles. The molecule has 3 heterocycles. The maximum absolute atomic E-state index is 14.1. The van der Waals surface area contributed by atoms with E-state index in [2.05, 4.69) is 35.9 Å². The Balaban J connectivity index is 1.19. The van der Waals surface area contributed by atoms with Crippen molar-refractivity contribution in [2.24, 2.45) is 0 Å². The van der Waals surface area contributed by atoms with Crippen molar-refractivity contribution in [1.29, 1.82) is 0 Å². The average Bonchev–Trinajstić information content (AvgIpc) is 3.40. The van der Waals surface area contributed by atoms with Crippen molar-refractivity contribution in [1.82, 2.24) is 29.8 Å². The molecule has 2 aliphatic rings. The fraction of sp³-hybridized carbons (Fsp3) is 0.393. The molecule has 0 atom stereocenters. The average molecular weight is 582 g/mol. The van der Waals surface area contributed by atoms with Crippen LogP contribution in [0.4, 0.5) is 35.5 Å². The second-order valence-electron chi connectivity index (χ2n) is 10.3. The first kappa shape index (κ1) is 27.7. The van der Waals surface area contributed by atoms with Crippen LogP contribution < -0.4 is 20.9 Å². The van der Waals surface area contributed by atoms with Crippen molar-refractivity contribution in [2.45, 2.75) is 44.2 Å². The van der Waals surface area contributed by atoms with Gasteiger partial charge in [-0.1, -0.05) is 12.1 Å². The van der Waals surface area contributed by atoms with Gasteiger partial charge in [0.25, 0.3) is 6.43 Å². The van der Waals surface area contributed by atoms with Crippen LogP contribution in [0.25, 0.3) is 17.0 Å². The molecule has 42 heavy (non-hydrogen) atoms. The minimum Gasteiger partial charge on any atom is -0.378 e. The zero-order chi connectivity index (χ0) is 29.1. The molecule has 11 nitrogen and oxygen atoms in total. The summed E-state index contributed by atoms with van der Waals surface area (Å²) < 4.78 is 48.1. The Morgan fingerprint density at radius 1 is 0.881 bits per heavy atom. The third kappa shape index (κ3) is 6.22. The molecule has 0 bridgehead atoms. The Morgan fingerprint density at radius 2 is 1.57 bits per heavy atom. The summed E-state index contributed by atoms with van der Waals surface area (Å²) in [5.74, 6) is -0.0962. The SMILES string of the molecule is O=C(Nc1ccc(F)cc1)NC1CCC(Nc2nc(N3CCOCC3)nc(-n3c(C(F)F)nc4ccccc43)n2)CC1. The van der Waals surface area contributed by atoms with Crippen molar-refractivity contribution in [3.63, 3.8) is 0 Å². The lowest BCUT2D eigenvalue weighted by atomic mass is 9.91. The first-order chi connectivity index (χ1) is 20.4. The van der Waals surface area contributed by atoms with Gasteiger partial charge in [0, 0.05) is 30.9 Å². The van der Waals surface area contributed by atoms with E-state index in [9.17, 15) is 18.0 Å². The smallest absolute Gasteiger partial charge is 0.319 e. The van der Waals surface area contributed by atoms with E-state index >= 15 is 0 Å². The quantitative estimate of drug-likeness (QED) is 0.288. The van der Waals surface area contributed by atoms with E-state index in [0.717, 1.165) is 12.8 Å². The van der Waals surface area contributed by atoms with Gasteiger partial charge in [-0.25, -0.2) is 22.9 Å². The Morgan fingerprint density at radius 3 is 2.31 bits per heavy atom. The third-order valence-electron chi connectivity index (χ3n) is 7.39. The number of benzene rings is 2. The van der Waals surface area contributed by atoms with Crippen molar-refractivity contribution in [3.05, 3.63) is 60.2 Å². The molecule has 3 N–H and O–H groups in total. The van der Waals surface area contributed by atoms with Crippen molar-refractivity contribution >= 4 is 34.6 Å². The molecule has 2 amide bonds. The van der Waals surface area contributed by atoms with E-state index in [1.165, 1.54) is 28.8 Å². The van der Waals surface area contributed by atoms with Crippen LogP contribution in [0.1, 0.15) is 37.9 Å². The van der Waals surface area contributed by atoms with Gasteiger partial charge in [0.15, 0.2) is 5.82 Å². The highest BCUT2D eigenvalue weighted by Gasteiger charge is 2.27. The number of halogens is 3. The number of hydrogen-bond acceptors (Lipinski definition) is 8. The number of carbonyl (C=O) groups is 1. The monoisotopic (exact) mass is 581 g/mol. The third-order valence-corrected chi connectivity index (χ3v) is 7.39. The van der Waals surface area contributed by atoms with Crippen molar-refractivity contribution in [3.8, 4) is 5.95 Å². The van der Waals surface area contributed by atoms with E-state index in [1.54, 1.807) is 24.3 Å². The number of aromatic nitrogens is 5. The molecule has 220 valence electrons. The molecule has 1 aliphatic carbocycles. The number of amides is 2. The number of alkyl halides is 2. The van der Waals surface area contributed by atoms with Crippen LogP contribution >= 0.6 is 0 Å². The Hall–Kier alpha value is -4.46. The van der Waals surface area contributed by atoms with Gasteiger partial charge in [-0.2, -0.15) is 15.0 Å². The number of imidazole rings is 1. The first-order valence-electron chi connectivity index (χ1n) is 13.9. The molecule has 0 radical (unpaired) electrons. The molecule has 6 rings (SSSR count). The molecular weight excluding hydrogens is 551 g/mol. The largest absolute Gasteiger partial charge is 0.378 e. The second-order valence-corrected chi connectivity index (χ2v) is 10.3. The molecule has 2 fully saturated rings. The van der Waals surface area contributed by atoms with Crippen molar-refractivity contribution < 1.29 is 22.7 Å². The summed E-state index contributed by atoms with van der Waals surface area (Å²) in [6, 6.07) is 12.1. The molecule has 4 aromatic rings. The number of hydrogen-bond donors (Lipinski definition) is 3. The van der Waals surface area contributed by atoms with Gasteiger partial charge in [-0.05, 0) is 62.1 Å². The Labute approximate surface area is 239 Å². The van der Waals surface area contributed by atoms with Crippen LogP contribution in [0.5, 0.6) is 0 Å². The van der Waals surface area contributed by atoms with E-state index in [-0.39, 0.29) is 35.8 Å². The lowest BCUT2D eigenvalue weighted by molar-refractivity contribution is 0.122. The highest BCUT2D eigenvalue weighted by Crippen LogP contribution is 2.28. The topological polar surface area (TPSA) is 122 Å². The first-order valence-corrected chi connectivity index (χ1v) is 13.9. The number of urea groups is 1. The Bertz CT molecular complexity index is 1540. The minimum absolute atomic E-state index is 0.00472. The van der Waals surface area contributed by atoms with Gasteiger partial charge in [0.05, 0.1) is 24.2 Å². The molecule has 0 spiro atoms. The molecule has 0 unspecified atom stereocenters. The molecule has 2 aromatic carbocycles. The fourth-order valence-electron chi connectivity index (χ4n) is 5.27. The van der Waals surface area contributed by atoms with Crippen molar-refractivity contribution in [2.75, 3.05) is 41.8 Å². The van der Waals surface area contributed by atoms with E-state index in [1.807, 2.05) is 4.90 Å². The summed E-state index contributed by atoms with van der Waals surface area (Å²) in [4.78, 5) is 32.3. The number of morpholine rings is 1. The van der Waals surface area contributed by atoms with Gasteiger partial charge in [-0.15, -0.1) is 0 Å². The molecular formula is C28H30F3N9O2. The number of nitrogens with zero attached hydrogens (tertiary/aromatic N) is 6. The summed E-state index contributed by atoms with van der Waals surface area (Å²) in [6.07, 6.45) is 0.0483. The van der Waals surface area contributed by atoms with E-state index < -0.39 is 12.2 Å². The van der Waals surface area contributed by atoms with Crippen LogP contribution in [0.3, 0.4) is 0 Å². The zero-order valence-electron chi connectivity index (χ0n) is 22.6. The summed E-state index contributed by atoms with van der Waals surface area (Å²) in [5.41, 5.74) is 1.40. The molecule has 14 heteroatoms. The maximum atomic E-state index is 14.1. The number of para-hydroxylation sites is 2. The number of nitrogens with one attached hydrogen (secondary N) is 3. The zero-order valence-corrected chi connectivity index (χ0v) is 22.6. The van der Waals surface area contributed by atoms with Crippen LogP contribution in [0.15, 0.2) is 48.5 Å². The number of ether oxygens (including phenoxy) is 1. The minimum atomic E-state index is -2.83. The number of carbonyl (C=O) groups excluding carboxylic acids is 1. The van der Waals surface area contributed by atoms with E-state index in [4.69, 9.17) is 4.74 Å². The van der Waals surface area contributed by atoms with Crippen LogP contribution in [-0.2, 0) is 4.74 Å². The summed E-state index contributed by atoms with van der Waals surface area (Å²) >= 11 is 0. The number of fused-ring (bicyclic) bond motifs is 1. The van der Waals surface area contributed by atoms with Gasteiger partial charge >= 0.3 is 6.03 Å². The lowest BCUT2D eigenvalue weighted by Crippen LogP contribution is -2.42. The number of anilines is 3. The summed E-state index contributed by atoms with van der Waals surface area (Å²) in [6.45, 7) is 2.13. The number of rotatable bonds is 7. The van der Waals surface area contributed by atoms with Crippen LogP contribution in [-0.4, -0.2) is 68.9 Å². The molecule has 1 saturated heterocycles. The molecule has 1 aliphatic heterocycles. The normalized spacial score (nSPS) is 19.2. The van der Waals surface area contributed by atoms with Gasteiger partial charge in [-0.3, -0.25) is 4.57 Å². The lowest BCUT2D eigenvalue weighted by Gasteiger charge is -2.30. The van der Waals surface area contributed by atoms with Crippen LogP contribution in [0.2, 0.25) is 0 Å². The molecule has 1 saturated carbocycles. The summed E-state index contributed by atoms with van der Waals surface area (Å²) in [7, 11) is 0. The highest BCUT2D eigenvalue weighted by atomic mass is 19.3. The summed E-state index contributed by atoms with van der Waals surface area (Å²) in [5, 5.41) is 9.06. The van der Waals surface area contributed by atoms with Gasteiger partial charge < -0.3 is 25.6 Å².